The zero-order chi connectivity index (χ0) is 19.4. The van der Waals surface area contributed by atoms with Crippen LogP contribution in [-0.4, -0.2) is 59.4 Å². The first-order chi connectivity index (χ1) is 11.6. The zero-order valence-corrected chi connectivity index (χ0v) is 16.9. The van der Waals surface area contributed by atoms with Gasteiger partial charge in [0.05, 0.1) is 11.6 Å². The highest BCUT2D eigenvalue weighted by molar-refractivity contribution is 6.43. The topological polar surface area (TPSA) is 84.2 Å². The maximum Gasteiger partial charge on any atom is 0.236 e. The lowest BCUT2D eigenvalue weighted by Crippen LogP contribution is -2.38. The molecular weight excluding hydrogens is 391 g/mol. The average molecular weight is 417 g/mol. The summed E-state index contributed by atoms with van der Waals surface area (Å²) in [5.74, 6) is -0.0665. The maximum absolute atomic E-state index is 10.1. The van der Waals surface area contributed by atoms with Gasteiger partial charge in [-0.25, -0.2) is 0 Å². The van der Waals surface area contributed by atoms with Crippen LogP contribution in [0.1, 0.15) is 24.5 Å². The van der Waals surface area contributed by atoms with Gasteiger partial charge in [0, 0.05) is 25.3 Å². The molecule has 9 heteroatoms. The predicted octanol–water partition coefficient (Wildman–Crippen LogP) is 3.35. The van der Waals surface area contributed by atoms with Crippen LogP contribution in [0.4, 0.5) is 5.69 Å². The number of halogens is 3. The van der Waals surface area contributed by atoms with Crippen LogP contribution >= 0.6 is 34.8 Å². The molecule has 25 heavy (non-hydrogen) atoms. The molecule has 0 amide bonds. The number of rotatable bonds is 9. The molecule has 0 aromatic heterocycles. The normalized spacial score (nSPS) is 13.6. The summed E-state index contributed by atoms with van der Waals surface area (Å²) in [6, 6.07) is 0. The molecule has 1 rings (SSSR count). The van der Waals surface area contributed by atoms with Gasteiger partial charge in [0.1, 0.15) is 17.1 Å². The van der Waals surface area contributed by atoms with E-state index in [-0.39, 0.29) is 34.9 Å². The number of aliphatic hydroxyl groups excluding tert-OH is 2. The summed E-state index contributed by atoms with van der Waals surface area (Å²) >= 11 is 19.3. The van der Waals surface area contributed by atoms with Gasteiger partial charge in [-0.15, -0.1) is 0 Å². The molecule has 0 radical (unpaired) electrons. The fraction of sp³-hybridized carbons (Fsp3) is 0.625. The van der Waals surface area contributed by atoms with Crippen LogP contribution in [0.5, 0.6) is 0 Å². The molecular formula is C16H26Cl3N2O4+. The van der Waals surface area contributed by atoms with Crippen LogP contribution in [-0.2, 0) is 13.0 Å². The fourth-order valence-electron chi connectivity index (χ4n) is 2.59. The van der Waals surface area contributed by atoms with Gasteiger partial charge in [-0.3, -0.25) is 4.90 Å². The summed E-state index contributed by atoms with van der Waals surface area (Å²) in [6.45, 7) is 2.57. The second-order valence-electron chi connectivity index (χ2n) is 6.28. The smallest absolute Gasteiger partial charge is 0.236 e. The molecule has 0 spiro atoms. The number of quaternary nitrogens is 1. The summed E-state index contributed by atoms with van der Waals surface area (Å²) in [4.78, 5) is 0.269. The third kappa shape index (κ3) is 5.66. The van der Waals surface area contributed by atoms with Gasteiger partial charge in [0.15, 0.2) is 0 Å². The van der Waals surface area contributed by atoms with E-state index >= 15 is 0 Å². The predicted molar refractivity (Wildman–Crippen MR) is 101 cm³/mol. The molecule has 1 atom stereocenters. The molecule has 1 unspecified atom stereocenters. The Hall–Kier alpha value is -0.150. The van der Waals surface area contributed by atoms with Crippen molar-refractivity contribution in [3.05, 3.63) is 26.2 Å². The van der Waals surface area contributed by atoms with Gasteiger partial charge >= 0.3 is 0 Å². The lowest BCUT2D eigenvalue weighted by atomic mass is 9.95. The number of aliphatic hydroxyl groups is 2. The molecule has 0 fully saturated rings. The molecule has 144 valence electrons. The molecule has 0 saturated heterocycles. The van der Waals surface area contributed by atoms with Crippen molar-refractivity contribution in [1.82, 2.24) is 9.71 Å². The van der Waals surface area contributed by atoms with Gasteiger partial charge in [-0.05, 0) is 29.8 Å². The number of benzene rings is 1. The molecule has 0 saturated carbocycles. The Morgan fingerprint density at radius 2 is 1.60 bits per heavy atom. The average Bonchev–Trinajstić information content (AvgIpc) is 2.51. The Morgan fingerprint density at radius 3 is 2.04 bits per heavy atom. The van der Waals surface area contributed by atoms with E-state index in [4.69, 9.17) is 39.9 Å². The van der Waals surface area contributed by atoms with Gasteiger partial charge in [-0.2, -0.15) is 10.4 Å². The monoisotopic (exact) mass is 415 g/mol. The van der Waals surface area contributed by atoms with Gasteiger partial charge in [-0.1, -0.05) is 48.1 Å². The number of hydrogen-bond acceptors (Lipinski definition) is 5. The molecule has 0 bridgehead atoms. The first-order valence-electron chi connectivity index (χ1n) is 7.99. The highest BCUT2D eigenvalue weighted by atomic mass is 35.5. The largest absolute Gasteiger partial charge is 0.396 e. The molecule has 6 nitrogen and oxygen atoms in total. The molecule has 1 aromatic rings. The minimum absolute atomic E-state index is 0.0325. The third-order valence-corrected chi connectivity index (χ3v) is 5.41. The molecule has 4 N–H and O–H groups in total. The standard InChI is InChI=1S/C16H26Cl3N2O4/c1-4-10(9-23)7-11-13(17)12(8-20(2)5-6-22)15(19)16(14(11)18)21(3,24)25/h10,22-25H,4-9H2,1-3H3/q+1. The van der Waals surface area contributed by atoms with Crippen molar-refractivity contribution in [1.29, 1.82) is 0 Å². The van der Waals surface area contributed by atoms with E-state index in [1.54, 1.807) is 11.9 Å². The Bertz CT molecular complexity index is 590. The van der Waals surface area contributed by atoms with E-state index in [9.17, 15) is 15.5 Å². The molecule has 0 aliphatic rings. The first-order valence-corrected chi connectivity index (χ1v) is 9.12. The summed E-state index contributed by atoms with van der Waals surface area (Å²) in [5.41, 5.74) is 0.945. The minimum Gasteiger partial charge on any atom is -0.396 e. The fourth-order valence-corrected chi connectivity index (χ4v) is 3.90. The minimum atomic E-state index is -1.53. The quantitative estimate of drug-likeness (QED) is 0.366. The number of likely N-dealkylation sites (N-methyl/N-ethyl adjacent to an activating group) is 1. The van der Waals surface area contributed by atoms with Crippen molar-refractivity contribution in [3.63, 3.8) is 0 Å². The zero-order valence-electron chi connectivity index (χ0n) is 14.6. The van der Waals surface area contributed by atoms with Crippen molar-refractivity contribution in [2.45, 2.75) is 26.3 Å². The molecule has 0 heterocycles. The van der Waals surface area contributed by atoms with Crippen molar-refractivity contribution in [2.75, 3.05) is 33.9 Å². The second kappa shape index (κ2) is 9.69. The van der Waals surface area contributed by atoms with Crippen LogP contribution in [0.3, 0.4) is 0 Å². The molecule has 1 aromatic carbocycles. The van der Waals surface area contributed by atoms with Gasteiger partial charge < -0.3 is 10.2 Å². The third-order valence-electron chi connectivity index (χ3n) is 4.14. The van der Waals surface area contributed by atoms with E-state index in [1.165, 1.54) is 0 Å². The molecule has 0 aliphatic heterocycles. The highest BCUT2D eigenvalue weighted by Gasteiger charge is 2.34. The Kier molecular flexibility index (Phi) is 8.87. The van der Waals surface area contributed by atoms with Crippen molar-refractivity contribution in [3.8, 4) is 0 Å². The van der Waals surface area contributed by atoms with Crippen LogP contribution in [0, 0.1) is 5.92 Å². The summed E-state index contributed by atoms with van der Waals surface area (Å²) in [6.07, 6.45) is 1.09. The highest BCUT2D eigenvalue weighted by Crippen LogP contribution is 2.46. The van der Waals surface area contributed by atoms with E-state index < -0.39 is 4.81 Å². The SMILES string of the molecule is CCC(CO)Cc1c(Cl)c(CN(C)CCO)c(Cl)c([N+](C)(O)O)c1Cl. The van der Waals surface area contributed by atoms with E-state index in [0.29, 0.717) is 42.1 Å². The van der Waals surface area contributed by atoms with Crippen LogP contribution in [0.2, 0.25) is 15.1 Å². The molecule has 0 aliphatic carbocycles. The van der Waals surface area contributed by atoms with E-state index in [2.05, 4.69) is 0 Å². The van der Waals surface area contributed by atoms with Crippen LogP contribution in [0.25, 0.3) is 0 Å². The Morgan fingerprint density at radius 1 is 1.04 bits per heavy atom. The van der Waals surface area contributed by atoms with Crippen molar-refractivity contribution in [2.24, 2.45) is 5.92 Å². The Labute approximate surface area is 163 Å². The summed E-state index contributed by atoms with van der Waals surface area (Å²) in [7, 11) is 2.90. The lowest BCUT2D eigenvalue weighted by Gasteiger charge is -2.25. The second-order valence-corrected chi connectivity index (χ2v) is 7.42. The van der Waals surface area contributed by atoms with Crippen LogP contribution < -0.4 is 4.81 Å². The van der Waals surface area contributed by atoms with E-state index in [1.807, 2.05) is 6.92 Å². The Balaban J connectivity index is 3.55. The van der Waals surface area contributed by atoms with Crippen molar-refractivity contribution >= 4 is 40.5 Å². The van der Waals surface area contributed by atoms with Crippen LogP contribution in [0.15, 0.2) is 0 Å². The first kappa shape index (κ1) is 22.9. The number of nitrogens with zero attached hydrogens (tertiary/aromatic N) is 2. The number of hydroxylamine groups is 2. The summed E-state index contributed by atoms with van der Waals surface area (Å²) < 4.78 is 0. The van der Waals surface area contributed by atoms with Crippen molar-refractivity contribution < 1.29 is 20.6 Å². The van der Waals surface area contributed by atoms with Gasteiger partial charge in [0.25, 0.3) is 0 Å². The van der Waals surface area contributed by atoms with Gasteiger partial charge in [0.2, 0.25) is 5.69 Å². The maximum atomic E-state index is 10.1. The van der Waals surface area contributed by atoms with E-state index in [0.717, 1.165) is 7.05 Å². The summed E-state index contributed by atoms with van der Waals surface area (Å²) in [5, 5.41) is 39.1. The number of hydrogen-bond donors (Lipinski definition) is 4. The lowest BCUT2D eigenvalue weighted by molar-refractivity contribution is -0.272.